The number of para-hydroxylation sites is 1. The van der Waals surface area contributed by atoms with Crippen LogP contribution in [-0.2, 0) is 22.6 Å². The van der Waals surface area contributed by atoms with Crippen LogP contribution in [0.4, 0.5) is 8.78 Å². The van der Waals surface area contributed by atoms with Gasteiger partial charge in [0.2, 0.25) is 12.3 Å². The number of carbonyl (C=O) groups excluding carboxylic acids is 2. The van der Waals surface area contributed by atoms with Gasteiger partial charge in [-0.15, -0.1) is 0 Å². The molecule has 0 saturated carbocycles. The van der Waals surface area contributed by atoms with Crippen LogP contribution in [0.15, 0.2) is 42.6 Å². The van der Waals surface area contributed by atoms with Crippen LogP contribution in [0.2, 0.25) is 5.02 Å². The first kappa shape index (κ1) is 18.1. The highest BCUT2D eigenvalue weighted by Gasteiger charge is 2.15. The molecular formula is C19H15ClF2N2O2. The van der Waals surface area contributed by atoms with Gasteiger partial charge < -0.3 is 4.98 Å². The second kappa shape index (κ2) is 7.66. The number of imide groups is 1. The maximum atomic E-state index is 13.3. The van der Waals surface area contributed by atoms with Crippen molar-refractivity contribution >= 4 is 34.8 Å². The number of H-pyrrole nitrogens is 1. The van der Waals surface area contributed by atoms with Gasteiger partial charge in [0.25, 0.3) is 0 Å². The minimum Gasteiger partial charge on any atom is -0.360 e. The third-order valence-electron chi connectivity index (χ3n) is 4.14. The normalized spacial score (nSPS) is 10.9. The summed E-state index contributed by atoms with van der Waals surface area (Å²) in [7, 11) is 0. The lowest BCUT2D eigenvalue weighted by Crippen LogP contribution is -2.29. The lowest BCUT2D eigenvalue weighted by molar-refractivity contribution is -0.138. The number of hydrogen-bond acceptors (Lipinski definition) is 2. The van der Waals surface area contributed by atoms with Crippen LogP contribution in [0.1, 0.15) is 17.5 Å². The summed E-state index contributed by atoms with van der Waals surface area (Å²) < 4.78 is 26.2. The number of rotatable bonds is 6. The number of aromatic nitrogens is 1. The van der Waals surface area contributed by atoms with E-state index in [1.54, 1.807) is 12.3 Å². The zero-order valence-electron chi connectivity index (χ0n) is 13.6. The van der Waals surface area contributed by atoms with E-state index in [0.717, 1.165) is 33.5 Å². The molecule has 7 heteroatoms. The van der Waals surface area contributed by atoms with Crippen molar-refractivity contribution < 1.29 is 18.4 Å². The minimum absolute atomic E-state index is 0.0991. The van der Waals surface area contributed by atoms with Crippen LogP contribution in [0.5, 0.6) is 0 Å². The number of fused-ring (bicyclic) bond motifs is 1. The molecule has 3 rings (SSSR count). The molecule has 2 amide bonds. The summed E-state index contributed by atoms with van der Waals surface area (Å²) in [5.41, 5.74) is 2.04. The molecule has 2 aromatic carbocycles. The molecule has 1 aromatic heterocycles. The van der Waals surface area contributed by atoms with Gasteiger partial charge in [0, 0.05) is 18.0 Å². The van der Waals surface area contributed by atoms with E-state index in [1.165, 1.54) is 6.07 Å². The van der Waals surface area contributed by atoms with E-state index >= 15 is 0 Å². The third kappa shape index (κ3) is 3.75. The summed E-state index contributed by atoms with van der Waals surface area (Å²) >= 11 is 6.11. The Balaban J connectivity index is 1.68. The SMILES string of the molecule is O=CN(Cc1ccc(F)c(F)c1)C(=O)CCc1c[nH]c2c(Cl)cccc12. The predicted octanol–water partition coefficient (Wildman–Crippen LogP) is 4.22. The summed E-state index contributed by atoms with van der Waals surface area (Å²) in [5.74, 6) is -2.40. The average molecular weight is 377 g/mol. The topological polar surface area (TPSA) is 53.2 Å². The highest BCUT2D eigenvalue weighted by molar-refractivity contribution is 6.35. The molecular weight excluding hydrogens is 362 g/mol. The molecule has 0 aliphatic rings. The molecule has 3 aromatic rings. The number of carbonyl (C=O) groups is 2. The second-order valence-electron chi connectivity index (χ2n) is 5.85. The van der Waals surface area contributed by atoms with E-state index in [-0.39, 0.29) is 13.0 Å². The van der Waals surface area contributed by atoms with Gasteiger partial charge in [-0.25, -0.2) is 8.78 Å². The fourth-order valence-electron chi connectivity index (χ4n) is 2.79. The number of nitrogens with zero attached hydrogens (tertiary/aromatic N) is 1. The zero-order chi connectivity index (χ0) is 18.7. The van der Waals surface area contributed by atoms with Crippen LogP contribution in [-0.4, -0.2) is 22.2 Å². The standard InChI is InChI=1S/C19H15ClF2N2O2/c20-15-3-1-2-14-13(9-23-19(14)15)5-7-18(26)24(11-25)10-12-4-6-16(21)17(22)8-12/h1-4,6,8-9,11,23H,5,7,10H2. The van der Waals surface area contributed by atoms with Gasteiger partial charge in [0.05, 0.1) is 17.1 Å². The Morgan fingerprint density at radius 1 is 1.19 bits per heavy atom. The van der Waals surface area contributed by atoms with Crippen molar-refractivity contribution in [2.24, 2.45) is 0 Å². The summed E-state index contributed by atoms with van der Waals surface area (Å²) in [6.07, 6.45) is 2.70. The van der Waals surface area contributed by atoms with Gasteiger partial charge >= 0.3 is 0 Å². The van der Waals surface area contributed by atoms with Crippen molar-refractivity contribution in [2.45, 2.75) is 19.4 Å². The van der Waals surface area contributed by atoms with Crippen LogP contribution < -0.4 is 0 Å². The van der Waals surface area contributed by atoms with Crippen LogP contribution >= 0.6 is 11.6 Å². The van der Waals surface area contributed by atoms with E-state index < -0.39 is 17.5 Å². The molecule has 0 saturated heterocycles. The van der Waals surface area contributed by atoms with E-state index in [9.17, 15) is 18.4 Å². The molecule has 1 N–H and O–H groups in total. The molecule has 134 valence electrons. The molecule has 0 atom stereocenters. The maximum absolute atomic E-state index is 13.3. The first-order valence-electron chi connectivity index (χ1n) is 7.92. The van der Waals surface area contributed by atoms with Gasteiger partial charge in [0.15, 0.2) is 11.6 Å². The highest BCUT2D eigenvalue weighted by Crippen LogP contribution is 2.26. The van der Waals surface area contributed by atoms with E-state index in [1.807, 2.05) is 12.1 Å². The number of aromatic amines is 1. The number of halogens is 3. The van der Waals surface area contributed by atoms with Crippen molar-refractivity contribution in [1.82, 2.24) is 9.88 Å². The van der Waals surface area contributed by atoms with Crippen molar-refractivity contribution in [2.75, 3.05) is 0 Å². The highest BCUT2D eigenvalue weighted by atomic mass is 35.5. The second-order valence-corrected chi connectivity index (χ2v) is 6.26. The molecule has 4 nitrogen and oxygen atoms in total. The number of hydrogen-bond donors (Lipinski definition) is 1. The third-order valence-corrected chi connectivity index (χ3v) is 4.46. The van der Waals surface area contributed by atoms with Crippen LogP contribution in [0.25, 0.3) is 10.9 Å². The van der Waals surface area contributed by atoms with Gasteiger partial charge in [0.1, 0.15) is 0 Å². The molecule has 0 fully saturated rings. The number of nitrogens with one attached hydrogen (secondary N) is 1. The first-order chi connectivity index (χ1) is 12.5. The summed E-state index contributed by atoms with van der Waals surface area (Å²) in [4.78, 5) is 27.6. The van der Waals surface area contributed by atoms with Gasteiger partial charge in [-0.3, -0.25) is 14.5 Å². The van der Waals surface area contributed by atoms with E-state index in [4.69, 9.17) is 11.6 Å². The molecule has 0 unspecified atom stereocenters. The molecule has 0 aliphatic carbocycles. The van der Waals surface area contributed by atoms with Crippen LogP contribution in [0, 0.1) is 11.6 Å². The predicted molar refractivity (Wildman–Crippen MR) is 94.6 cm³/mol. The number of amides is 2. The fraction of sp³-hybridized carbons (Fsp3) is 0.158. The average Bonchev–Trinajstić information content (AvgIpc) is 3.05. The van der Waals surface area contributed by atoms with Crippen molar-refractivity contribution in [1.29, 1.82) is 0 Å². The first-order valence-corrected chi connectivity index (χ1v) is 8.30. The van der Waals surface area contributed by atoms with E-state index in [2.05, 4.69) is 4.98 Å². The monoisotopic (exact) mass is 376 g/mol. The molecule has 26 heavy (non-hydrogen) atoms. The van der Waals surface area contributed by atoms with Crippen LogP contribution in [0.3, 0.4) is 0 Å². The lowest BCUT2D eigenvalue weighted by Gasteiger charge is -2.15. The van der Waals surface area contributed by atoms with Crippen molar-refractivity contribution in [3.63, 3.8) is 0 Å². The Kier molecular flexibility index (Phi) is 5.32. The lowest BCUT2D eigenvalue weighted by atomic mass is 10.1. The zero-order valence-corrected chi connectivity index (χ0v) is 14.4. The summed E-state index contributed by atoms with van der Waals surface area (Å²) in [6.45, 7) is -0.112. The molecule has 0 bridgehead atoms. The Morgan fingerprint density at radius 3 is 2.73 bits per heavy atom. The largest absolute Gasteiger partial charge is 0.360 e. The Labute approximate surface area is 153 Å². The Hall–Kier alpha value is -2.73. The Bertz CT molecular complexity index is 971. The van der Waals surface area contributed by atoms with Gasteiger partial charge in [-0.2, -0.15) is 0 Å². The van der Waals surface area contributed by atoms with Gasteiger partial charge in [-0.1, -0.05) is 29.8 Å². The molecule has 0 radical (unpaired) electrons. The number of aryl methyl sites for hydroxylation is 1. The van der Waals surface area contributed by atoms with Crippen molar-refractivity contribution in [3.05, 3.63) is 70.4 Å². The van der Waals surface area contributed by atoms with E-state index in [0.29, 0.717) is 23.4 Å². The minimum atomic E-state index is -1.02. The smallest absolute Gasteiger partial charge is 0.229 e. The molecule has 0 spiro atoms. The fourth-order valence-corrected chi connectivity index (χ4v) is 3.02. The Morgan fingerprint density at radius 2 is 2.00 bits per heavy atom. The van der Waals surface area contributed by atoms with Crippen molar-refractivity contribution in [3.8, 4) is 0 Å². The quantitative estimate of drug-likeness (QED) is 0.655. The molecule has 1 heterocycles. The molecule has 0 aliphatic heterocycles. The summed E-state index contributed by atoms with van der Waals surface area (Å²) in [5, 5.41) is 1.51. The summed E-state index contributed by atoms with van der Waals surface area (Å²) in [6, 6.07) is 8.77. The van der Waals surface area contributed by atoms with Gasteiger partial charge in [-0.05, 0) is 35.7 Å². The number of benzene rings is 2. The maximum Gasteiger partial charge on any atom is 0.229 e.